The summed E-state index contributed by atoms with van der Waals surface area (Å²) in [6, 6.07) is 10.4. The molecule has 3 aromatic carbocycles. The second-order valence-corrected chi connectivity index (χ2v) is 8.28. The maximum atomic E-state index is 13.9. The highest BCUT2D eigenvalue weighted by atomic mass is 79.9. The minimum atomic E-state index is -0.756. The standard InChI is InChI=1S/C22H14BrClF2N2O2/c1-10-4-11(6-14(26)5-10)21(29)27-18-8-12(23)7-16-19(18)20(28-22(16)30)15-9-13(25)2-3-17(15)24/h2-9,20H,1H3,(H,27,29)(H,28,30). The van der Waals surface area contributed by atoms with Crippen molar-refractivity contribution in [2.45, 2.75) is 13.0 Å². The molecule has 0 spiro atoms. The molecule has 0 aliphatic carbocycles. The molecule has 8 heteroatoms. The van der Waals surface area contributed by atoms with Crippen LogP contribution in [0.5, 0.6) is 0 Å². The average Bonchev–Trinajstić information content (AvgIpc) is 2.99. The molecule has 30 heavy (non-hydrogen) atoms. The normalized spacial score (nSPS) is 15.0. The van der Waals surface area contributed by atoms with E-state index in [1.807, 2.05) is 0 Å². The molecule has 1 heterocycles. The van der Waals surface area contributed by atoms with Gasteiger partial charge in [-0.15, -0.1) is 0 Å². The number of aryl methyl sites for hydroxylation is 1. The predicted molar refractivity (Wildman–Crippen MR) is 114 cm³/mol. The maximum absolute atomic E-state index is 13.9. The number of anilines is 1. The summed E-state index contributed by atoms with van der Waals surface area (Å²) in [5, 5.41) is 5.80. The van der Waals surface area contributed by atoms with Crippen LogP contribution < -0.4 is 10.6 Å². The van der Waals surface area contributed by atoms with Gasteiger partial charge < -0.3 is 10.6 Å². The fraction of sp³-hybridized carbons (Fsp3) is 0.0909. The number of hydrogen-bond acceptors (Lipinski definition) is 2. The van der Waals surface area contributed by atoms with Crippen molar-refractivity contribution in [1.82, 2.24) is 5.32 Å². The molecule has 1 unspecified atom stereocenters. The highest BCUT2D eigenvalue weighted by Crippen LogP contribution is 2.41. The second kappa shape index (κ2) is 7.81. The lowest BCUT2D eigenvalue weighted by Crippen LogP contribution is -2.21. The van der Waals surface area contributed by atoms with Gasteiger partial charge in [-0.3, -0.25) is 9.59 Å². The van der Waals surface area contributed by atoms with Crippen LogP contribution in [0, 0.1) is 18.6 Å². The molecule has 2 amide bonds. The summed E-state index contributed by atoms with van der Waals surface area (Å²) >= 11 is 9.59. The fourth-order valence-electron chi connectivity index (χ4n) is 3.53. The monoisotopic (exact) mass is 490 g/mol. The summed E-state index contributed by atoms with van der Waals surface area (Å²) < 4.78 is 28.2. The summed E-state index contributed by atoms with van der Waals surface area (Å²) in [6.07, 6.45) is 0. The van der Waals surface area contributed by atoms with Gasteiger partial charge in [-0.05, 0) is 61.0 Å². The van der Waals surface area contributed by atoms with Gasteiger partial charge >= 0.3 is 0 Å². The van der Waals surface area contributed by atoms with Gasteiger partial charge in [0.2, 0.25) is 0 Å². The first-order valence-electron chi connectivity index (χ1n) is 8.90. The number of carbonyl (C=O) groups excluding carboxylic acids is 2. The lowest BCUT2D eigenvalue weighted by molar-refractivity contribution is 0.0959. The number of hydrogen-bond donors (Lipinski definition) is 2. The van der Waals surface area contributed by atoms with Crippen LogP contribution in [0.15, 0.2) is 53.0 Å². The second-order valence-electron chi connectivity index (χ2n) is 6.96. The number of halogens is 4. The van der Waals surface area contributed by atoms with Gasteiger partial charge in [-0.2, -0.15) is 0 Å². The van der Waals surface area contributed by atoms with Crippen molar-refractivity contribution in [3.05, 3.63) is 97.5 Å². The number of rotatable bonds is 3. The molecule has 2 N–H and O–H groups in total. The summed E-state index contributed by atoms with van der Waals surface area (Å²) in [4.78, 5) is 25.4. The van der Waals surface area contributed by atoms with E-state index in [1.54, 1.807) is 25.1 Å². The predicted octanol–water partition coefficient (Wildman–Crippen LogP) is 5.77. The van der Waals surface area contributed by atoms with Crippen LogP contribution in [0.2, 0.25) is 5.02 Å². The van der Waals surface area contributed by atoms with Crippen LogP contribution >= 0.6 is 27.5 Å². The topological polar surface area (TPSA) is 58.2 Å². The summed E-state index contributed by atoms with van der Waals surface area (Å²) in [6.45, 7) is 1.68. The van der Waals surface area contributed by atoms with E-state index in [4.69, 9.17) is 11.6 Å². The number of carbonyl (C=O) groups is 2. The minimum absolute atomic E-state index is 0.138. The van der Waals surface area contributed by atoms with Crippen molar-refractivity contribution < 1.29 is 18.4 Å². The van der Waals surface area contributed by atoms with E-state index < -0.39 is 23.6 Å². The van der Waals surface area contributed by atoms with Crippen LogP contribution in [-0.2, 0) is 0 Å². The zero-order valence-electron chi connectivity index (χ0n) is 15.5. The molecule has 3 aromatic rings. The molecule has 1 aliphatic heterocycles. The van der Waals surface area contributed by atoms with Crippen LogP contribution in [-0.4, -0.2) is 11.8 Å². The highest BCUT2D eigenvalue weighted by molar-refractivity contribution is 9.10. The molecule has 4 nitrogen and oxygen atoms in total. The molecule has 1 aliphatic rings. The van der Waals surface area contributed by atoms with E-state index in [0.29, 0.717) is 32.4 Å². The zero-order chi connectivity index (χ0) is 21.6. The average molecular weight is 492 g/mol. The van der Waals surface area contributed by atoms with Gasteiger partial charge in [0, 0.05) is 37.4 Å². The summed E-state index contributed by atoms with van der Waals surface area (Å²) in [5.41, 5.74) is 2.20. The SMILES string of the molecule is Cc1cc(F)cc(C(=O)Nc2cc(Br)cc3c2C(c2cc(F)ccc2Cl)NC3=O)c1. The molecule has 0 saturated heterocycles. The Kier molecular flexibility index (Phi) is 5.34. The van der Waals surface area contributed by atoms with Gasteiger partial charge in [0.1, 0.15) is 11.6 Å². The number of amides is 2. The third-order valence-corrected chi connectivity index (χ3v) is 5.58. The van der Waals surface area contributed by atoms with Gasteiger partial charge in [-0.25, -0.2) is 8.78 Å². The van der Waals surface area contributed by atoms with Gasteiger partial charge in [0.05, 0.1) is 6.04 Å². The lowest BCUT2D eigenvalue weighted by Gasteiger charge is -2.18. The number of fused-ring (bicyclic) bond motifs is 1. The first-order chi connectivity index (χ1) is 14.2. The third kappa shape index (κ3) is 3.82. The maximum Gasteiger partial charge on any atom is 0.255 e. The largest absolute Gasteiger partial charge is 0.341 e. The third-order valence-electron chi connectivity index (χ3n) is 4.78. The quantitative estimate of drug-likeness (QED) is 0.488. The van der Waals surface area contributed by atoms with Crippen LogP contribution in [0.3, 0.4) is 0 Å². The Morgan fingerprint density at radius 1 is 1.10 bits per heavy atom. The van der Waals surface area contributed by atoms with Gasteiger partial charge in [0.15, 0.2) is 0 Å². The van der Waals surface area contributed by atoms with Gasteiger partial charge in [0.25, 0.3) is 11.8 Å². The molecule has 0 fully saturated rings. The van der Waals surface area contributed by atoms with Crippen molar-refractivity contribution in [1.29, 1.82) is 0 Å². The first kappa shape index (κ1) is 20.5. The zero-order valence-corrected chi connectivity index (χ0v) is 17.9. The molecule has 0 aromatic heterocycles. The van der Waals surface area contributed by atoms with Crippen LogP contribution in [0.4, 0.5) is 14.5 Å². The Balaban J connectivity index is 1.81. The van der Waals surface area contributed by atoms with E-state index in [0.717, 1.165) is 6.07 Å². The van der Waals surface area contributed by atoms with E-state index >= 15 is 0 Å². The van der Waals surface area contributed by atoms with Crippen LogP contribution in [0.25, 0.3) is 0 Å². The summed E-state index contributed by atoms with van der Waals surface area (Å²) in [5.74, 6) is -1.95. The molecule has 152 valence electrons. The molecule has 0 saturated carbocycles. The van der Waals surface area contributed by atoms with Crippen molar-refractivity contribution in [2.75, 3.05) is 5.32 Å². The minimum Gasteiger partial charge on any atom is -0.341 e. The van der Waals surface area contributed by atoms with E-state index in [9.17, 15) is 18.4 Å². The fourth-order valence-corrected chi connectivity index (χ4v) is 4.22. The van der Waals surface area contributed by atoms with Crippen LogP contribution in [0.1, 0.15) is 43.4 Å². The van der Waals surface area contributed by atoms with Crippen molar-refractivity contribution in [2.24, 2.45) is 0 Å². The Morgan fingerprint density at radius 3 is 2.60 bits per heavy atom. The molecule has 1 atom stereocenters. The highest BCUT2D eigenvalue weighted by Gasteiger charge is 2.34. The number of benzene rings is 3. The molecular weight excluding hydrogens is 478 g/mol. The smallest absolute Gasteiger partial charge is 0.255 e. The lowest BCUT2D eigenvalue weighted by atomic mass is 9.96. The number of nitrogens with one attached hydrogen (secondary N) is 2. The Hall–Kier alpha value is -2.77. The van der Waals surface area contributed by atoms with E-state index in [2.05, 4.69) is 26.6 Å². The Bertz CT molecular complexity index is 1200. The first-order valence-corrected chi connectivity index (χ1v) is 10.1. The van der Waals surface area contributed by atoms with Crippen molar-refractivity contribution >= 4 is 45.0 Å². The molecule has 4 rings (SSSR count). The molecule has 0 bridgehead atoms. The van der Waals surface area contributed by atoms with E-state index in [1.165, 1.54) is 24.3 Å². The van der Waals surface area contributed by atoms with Crippen molar-refractivity contribution in [3.8, 4) is 0 Å². The molecular formula is C22H14BrClF2N2O2. The Labute approximate surface area is 184 Å². The molecule has 0 radical (unpaired) electrons. The van der Waals surface area contributed by atoms with Crippen molar-refractivity contribution in [3.63, 3.8) is 0 Å². The Morgan fingerprint density at radius 2 is 1.87 bits per heavy atom. The van der Waals surface area contributed by atoms with Gasteiger partial charge in [-0.1, -0.05) is 27.5 Å². The van der Waals surface area contributed by atoms with E-state index in [-0.39, 0.29) is 16.5 Å². The summed E-state index contributed by atoms with van der Waals surface area (Å²) in [7, 11) is 0.